The minimum Gasteiger partial charge on any atom is -0.294 e. The SMILES string of the molecule is O=C(Cc1ccncc1Cl)c1cccc(Br)c1. The van der Waals surface area contributed by atoms with E-state index in [0.29, 0.717) is 10.6 Å². The average molecular weight is 311 g/mol. The van der Waals surface area contributed by atoms with Crippen LogP contribution >= 0.6 is 27.5 Å². The minimum atomic E-state index is 0.0411. The molecule has 2 rings (SSSR count). The van der Waals surface area contributed by atoms with E-state index in [9.17, 15) is 4.79 Å². The molecule has 1 heterocycles. The Bertz CT molecular complexity index is 557. The highest BCUT2D eigenvalue weighted by Gasteiger charge is 2.09. The number of halogens is 2. The zero-order valence-corrected chi connectivity index (χ0v) is 11.2. The molecular weight excluding hydrogens is 302 g/mol. The number of hydrogen-bond donors (Lipinski definition) is 0. The van der Waals surface area contributed by atoms with E-state index < -0.39 is 0 Å². The van der Waals surface area contributed by atoms with Crippen molar-refractivity contribution in [1.82, 2.24) is 4.98 Å². The van der Waals surface area contributed by atoms with Gasteiger partial charge in [0, 0.05) is 28.9 Å². The smallest absolute Gasteiger partial charge is 0.167 e. The molecule has 0 aliphatic carbocycles. The van der Waals surface area contributed by atoms with Crippen molar-refractivity contribution in [2.24, 2.45) is 0 Å². The van der Waals surface area contributed by atoms with Crippen LogP contribution in [0.25, 0.3) is 0 Å². The zero-order chi connectivity index (χ0) is 12.3. The lowest BCUT2D eigenvalue weighted by Crippen LogP contribution is -2.04. The van der Waals surface area contributed by atoms with Gasteiger partial charge in [0.25, 0.3) is 0 Å². The van der Waals surface area contributed by atoms with E-state index in [1.54, 1.807) is 30.6 Å². The van der Waals surface area contributed by atoms with Crippen molar-refractivity contribution in [2.45, 2.75) is 6.42 Å². The molecule has 0 saturated carbocycles. The van der Waals surface area contributed by atoms with Crippen molar-refractivity contribution in [3.05, 3.63) is 63.3 Å². The Hall–Kier alpha value is -1.19. The Morgan fingerprint density at radius 2 is 2.18 bits per heavy atom. The molecule has 0 spiro atoms. The lowest BCUT2D eigenvalue weighted by atomic mass is 10.0. The molecule has 0 bridgehead atoms. The summed E-state index contributed by atoms with van der Waals surface area (Å²) in [5.41, 5.74) is 1.47. The number of Topliss-reactive ketones (excluding diaryl/α,β-unsaturated/α-hetero) is 1. The van der Waals surface area contributed by atoms with Crippen LogP contribution in [0.1, 0.15) is 15.9 Å². The van der Waals surface area contributed by atoms with Crippen molar-refractivity contribution in [3.63, 3.8) is 0 Å². The number of hydrogen-bond acceptors (Lipinski definition) is 2. The number of pyridine rings is 1. The molecule has 86 valence electrons. The van der Waals surface area contributed by atoms with Crippen LogP contribution in [-0.4, -0.2) is 10.8 Å². The maximum absolute atomic E-state index is 12.0. The summed E-state index contributed by atoms with van der Waals surface area (Å²) < 4.78 is 0.893. The number of carbonyl (C=O) groups excluding carboxylic acids is 1. The standard InChI is InChI=1S/C13H9BrClNO/c14-11-3-1-2-10(6-11)13(17)7-9-4-5-16-8-12(9)15/h1-6,8H,7H2. The largest absolute Gasteiger partial charge is 0.294 e. The number of aromatic nitrogens is 1. The molecule has 0 fully saturated rings. The van der Waals surface area contributed by atoms with Gasteiger partial charge in [-0.1, -0.05) is 39.7 Å². The van der Waals surface area contributed by atoms with Crippen molar-refractivity contribution in [2.75, 3.05) is 0 Å². The summed E-state index contributed by atoms with van der Waals surface area (Å²) in [4.78, 5) is 15.9. The van der Waals surface area contributed by atoms with Gasteiger partial charge in [-0.15, -0.1) is 0 Å². The van der Waals surface area contributed by atoms with Crippen LogP contribution in [0.3, 0.4) is 0 Å². The minimum absolute atomic E-state index is 0.0411. The van der Waals surface area contributed by atoms with E-state index in [4.69, 9.17) is 11.6 Å². The van der Waals surface area contributed by atoms with Crippen LogP contribution < -0.4 is 0 Å². The molecule has 0 atom stereocenters. The van der Waals surface area contributed by atoms with Crippen LogP contribution in [0, 0.1) is 0 Å². The molecule has 0 aliphatic heterocycles. The van der Waals surface area contributed by atoms with Crippen molar-refractivity contribution >= 4 is 33.3 Å². The summed E-state index contributed by atoms with van der Waals surface area (Å²) in [6.07, 6.45) is 3.47. The van der Waals surface area contributed by atoms with E-state index in [-0.39, 0.29) is 12.2 Å². The Balaban J connectivity index is 2.20. The first-order valence-corrected chi connectivity index (χ1v) is 6.21. The van der Waals surface area contributed by atoms with E-state index in [1.807, 2.05) is 12.1 Å². The maximum atomic E-state index is 12.0. The fourth-order valence-corrected chi connectivity index (χ4v) is 2.07. The molecule has 1 aromatic carbocycles. The molecule has 0 radical (unpaired) electrons. The molecule has 2 aromatic rings. The fraction of sp³-hybridized carbons (Fsp3) is 0.0769. The lowest BCUT2D eigenvalue weighted by Gasteiger charge is -2.03. The molecule has 0 N–H and O–H groups in total. The third kappa shape index (κ3) is 3.14. The number of carbonyl (C=O) groups is 1. The summed E-state index contributed by atoms with van der Waals surface area (Å²) in [5.74, 6) is 0.0411. The first-order valence-electron chi connectivity index (χ1n) is 5.04. The summed E-state index contributed by atoms with van der Waals surface area (Å²) >= 11 is 9.31. The lowest BCUT2D eigenvalue weighted by molar-refractivity contribution is 0.0993. The Morgan fingerprint density at radius 1 is 1.35 bits per heavy atom. The summed E-state index contributed by atoms with van der Waals surface area (Å²) in [6.45, 7) is 0. The van der Waals surface area contributed by atoms with Gasteiger partial charge < -0.3 is 0 Å². The number of ketones is 1. The van der Waals surface area contributed by atoms with Crippen LogP contribution in [0.2, 0.25) is 5.02 Å². The second-order valence-electron chi connectivity index (χ2n) is 3.58. The van der Waals surface area contributed by atoms with Crippen molar-refractivity contribution in [3.8, 4) is 0 Å². The van der Waals surface area contributed by atoms with Gasteiger partial charge in [0.15, 0.2) is 5.78 Å². The van der Waals surface area contributed by atoms with Crippen molar-refractivity contribution in [1.29, 1.82) is 0 Å². The van der Waals surface area contributed by atoms with Crippen LogP contribution in [-0.2, 0) is 6.42 Å². The highest BCUT2D eigenvalue weighted by atomic mass is 79.9. The summed E-state index contributed by atoms with van der Waals surface area (Å²) in [6, 6.07) is 9.08. The number of rotatable bonds is 3. The molecule has 0 saturated heterocycles. The molecule has 17 heavy (non-hydrogen) atoms. The Labute approximate surface area is 113 Å². The Morgan fingerprint density at radius 3 is 2.88 bits per heavy atom. The third-order valence-electron chi connectivity index (χ3n) is 2.35. The van der Waals surface area contributed by atoms with E-state index in [0.717, 1.165) is 10.0 Å². The van der Waals surface area contributed by atoms with Gasteiger partial charge in [0.2, 0.25) is 0 Å². The summed E-state index contributed by atoms with van der Waals surface area (Å²) in [7, 11) is 0. The Kier molecular flexibility index (Phi) is 3.92. The van der Waals surface area contributed by atoms with Gasteiger partial charge >= 0.3 is 0 Å². The van der Waals surface area contributed by atoms with E-state index in [2.05, 4.69) is 20.9 Å². The fourth-order valence-electron chi connectivity index (χ4n) is 1.48. The van der Waals surface area contributed by atoms with E-state index in [1.165, 1.54) is 0 Å². The van der Waals surface area contributed by atoms with Crippen molar-refractivity contribution < 1.29 is 4.79 Å². The molecule has 2 nitrogen and oxygen atoms in total. The number of nitrogens with zero attached hydrogens (tertiary/aromatic N) is 1. The first kappa shape index (κ1) is 12.3. The molecule has 4 heteroatoms. The van der Waals surface area contributed by atoms with Gasteiger partial charge in [-0.2, -0.15) is 0 Å². The first-order chi connectivity index (χ1) is 8.16. The predicted molar refractivity (Wildman–Crippen MR) is 71.4 cm³/mol. The molecule has 0 amide bonds. The van der Waals surface area contributed by atoms with E-state index >= 15 is 0 Å². The topological polar surface area (TPSA) is 30.0 Å². The quantitative estimate of drug-likeness (QED) is 0.804. The zero-order valence-electron chi connectivity index (χ0n) is 8.86. The average Bonchev–Trinajstić information content (AvgIpc) is 2.32. The summed E-state index contributed by atoms with van der Waals surface area (Å²) in [5, 5.41) is 0.524. The third-order valence-corrected chi connectivity index (χ3v) is 3.19. The molecular formula is C13H9BrClNO. The van der Waals surface area contributed by atoms with Crippen LogP contribution in [0.5, 0.6) is 0 Å². The molecule has 0 aliphatic rings. The second kappa shape index (κ2) is 5.43. The molecule has 1 aromatic heterocycles. The number of benzene rings is 1. The molecule has 0 unspecified atom stereocenters. The van der Waals surface area contributed by atoms with Gasteiger partial charge in [-0.25, -0.2) is 0 Å². The maximum Gasteiger partial charge on any atom is 0.167 e. The highest BCUT2D eigenvalue weighted by Crippen LogP contribution is 2.18. The normalized spacial score (nSPS) is 10.2. The monoisotopic (exact) mass is 309 g/mol. The van der Waals surface area contributed by atoms with Gasteiger partial charge in [-0.3, -0.25) is 9.78 Å². The van der Waals surface area contributed by atoms with Crippen LogP contribution in [0.15, 0.2) is 47.2 Å². The van der Waals surface area contributed by atoms with Gasteiger partial charge in [0.05, 0.1) is 5.02 Å². The second-order valence-corrected chi connectivity index (χ2v) is 4.90. The van der Waals surface area contributed by atoms with Gasteiger partial charge in [-0.05, 0) is 23.8 Å². The van der Waals surface area contributed by atoms with Crippen LogP contribution in [0.4, 0.5) is 0 Å². The van der Waals surface area contributed by atoms with Gasteiger partial charge in [0.1, 0.15) is 0 Å². The highest BCUT2D eigenvalue weighted by molar-refractivity contribution is 9.10. The predicted octanol–water partition coefficient (Wildman–Crippen LogP) is 3.92.